The summed E-state index contributed by atoms with van der Waals surface area (Å²) in [6.45, 7) is 1.58. The topological polar surface area (TPSA) is 42.4 Å². The molecule has 1 amide bonds. The first-order valence-corrected chi connectivity index (χ1v) is 10.5. The monoisotopic (exact) mass is 378 g/mol. The summed E-state index contributed by atoms with van der Waals surface area (Å²) in [4.78, 5) is 19.9. The zero-order valence-corrected chi connectivity index (χ0v) is 16.0. The lowest BCUT2D eigenvalue weighted by Gasteiger charge is -2.23. The van der Waals surface area contributed by atoms with Crippen LogP contribution in [0.2, 0.25) is 0 Å². The number of thiazole rings is 1. The SMILES string of the molecule is O=C(c1ccc(OCC2CC2)cc1)N1CCCC1c1nc2ccccc2s1. The third-order valence-corrected chi connectivity index (χ3v) is 6.53. The fourth-order valence-corrected chi connectivity index (χ4v) is 4.77. The highest BCUT2D eigenvalue weighted by atomic mass is 32.1. The van der Waals surface area contributed by atoms with E-state index in [2.05, 4.69) is 6.07 Å². The van der Waals surface area contributed by atoms with Gasteiger partial charge in [-0.15, -0.1) is 11.3 Å². The normalized spacial score (nSPS) is 19.6. The Morgan fingerprint density at radius 1 is 1.11 bits per heavy atom. The molecule has 0 bridgehead atoms. The molecule has 1 unspecified atom stereocenters. The molecule has 1 saturated carbocycles. The van der Waals surface area contributed by atoms with E-state index in [-0.39, 0.29) is 11.9 Å². The second kappa shape index (κ2) is 6.97. The summed E-state index contributed by atoms with van der Waals surface area (Å²) in [6.07, 6.45) is 4.56. The summed E-state index contributed by atoms with van der Waals surface area (Å²) in [7, 11) is 0. The lowest BCUT2D eigenvalue weighted by atomic mass is 10.1. The number of para-hydroxylation sites is 1. The van der Waals surface area contributed by atoms with Crippen LogP contribution in [-0.4, -0.2) is 28.9 Å². The quantitative estimate of drug-likeness (QED) is 0.623. The number of amides is 1. The van der Waals surface area contributed by atoms with Gasteiger partial charge in [-0.3, -0.25) is 4.79 Å². The first-order valence-electron chi connectivity index (χ1n) is 9.67. The number of hydrogen-bond acceptors (Lipinski definition) is 4. The van der Waals surface area contributed by atoms with Crippen LogP contribution in [-0.2, 0) is 0 Å². The van der Waals surface area contributed by atoms with Gasteiger partial charge in [0.2, 0.25) is 0 Å². The molecule has 1 aliphatic heterocycles. The second-order valence-corrected chi connectivity index (χ2v) is 8.52. The maximum absolute atomic E-state index is 13.1. The number of rotatable bonds is 5. The van der Waals surface area contributed by atoms with E-state index in [1.165, 1.54) is 17.5 Å². The lowest BCUT2D eigenvalue weighted by Crippen LogP contribution is -2.30. The zero-order valence-electron chi connectivity index (χ0n) is 15.1. The van der Waals surface area contributed by atoms with Crippen LogP contribution in [0.5, 0.6) is 5.75 Å². The fraction of sp³-hybridized carbons (Fsp3) is 0.364. The molecule has 3 aromatic rings. The molecule has 2 aliphatic rings. The molecule has 2 fully saturated rings. The Bertz CT molecular complexity index is 929. The zero-order chi connectivity index (χ0) is 18.2. The van der Waals surface area contributed by atoms with Gasteiger partial charge in [0, 0.05) is 12.1 Å². The molecule has 0 N–H and O–H groups in total. The van der Waals surface area contributed by atoms with Crippen molar-refractivity contribution < 1.29 is 9.53 Å². The number of ether oxygens (including phenoxy) is 1. The van der Waals surface area contributed by atoms with E-state index >= 15 is 0 Å². The highest BCUT2D eigenvalue weighted by Gasteiger charge is 2.32. The summed E-state index contributed by atoms with van der Waals surface area (Å²) in [5, 5.41) is 1.05. The molecule has 1 aliphatic carbocycles. The third-order valence-electron chi connectivity index (χ3n) is 5.39. The predicted octanol–water partition coefficient (Wildman–Crippen LogP) is 5.06. The lowest BCUT2D eigenvalue weighted by molar-refractivity contribution is 0.0735. The van der Waals surface area contributed by atoms with E-state index in [9.17, 15) is 4.79 Å². The molecular weight excluding hydrogens is 356 g/mol. The summed E-state index contributed by atoms with van der Waals surface area (Å²) >= 11 is 1.70. The van der Waals surface area contributed by atoms with Crippen LogP contribution in [0.3, 0.4) is 0 Å². The number of benzene rings is 2. The van der Waals surface area contributed by atoms with E-state index in [0.29, 0.717) is 0 Å². The van der Waals surface area contributed by atoms with Gasteiger partial charge in [-0.2, -0.15) is 0 Å². The summed E-state index contributed by atoms with van der Waals surface area (Å²) in [5.41, 5.74) is 1.75. The Balaban J connectivity index is 1.33. The number of likely N-dealkylation sites (tertiary alicyclic amines) is 1. The van der Waals surface area contributed by atoms with Gasteiger partial charge in [-0.05, 0) is 68.0 Å². The van der Waals surface area contributed by atoms with Crippen molar-refractivity contribution in [3.63, 3.8) is 0 Å². The molecule has 5 rings (SSSR count). The number of carbonyl (C=O) groups excluding carboxylic acids is 1. The van der Waals surface area contributed by atoms with Crippen LogP contribution >= 0.6 is 11.3 Å². The van der Waals surface area contributed by atoms with Crippen LogP contribution in [0.25, 0.3) is 10.2 Å². The first kappa shape index (κ1) is 16.8. The minimum absolute atomic E-state index is 0.0840. The van der Waals surface area contributed by atoms with Crippen molar-refractivity contribution in [2.24, 2.45) is 5.92 Å². The van der Waals surface area contributed by atoms with Crippen molar-refractivity contribution in [1.29, 1.82) is 0 Å². The molecule has 0 spiro atoms. The molecule has 1 aromatic heterocycles. The summed E-state index contributed by atoms with van der Waals surface area (Å²) in [6, 6.07) is 15.9. The molecule has 0 radical (unpaired) electrons. The average molecular weight is 378 g/mol. The minimum Gasteiger partial charge on any atom is -0.493 e. The number of nitrogens with zero attached hydrogens (tertiary/aromatic N) is 2. The highest BCUT2D eigenvalue weighted by Crippen LogP contribution is 2.37. The Kier molecular flexibility index (Phi) is 4.32. The van der Waals surface area contributed by atoms with Crippen molar-refractivity contribution in [1.82, 2.24) is 9.88 Å². The minimum atomic E-state index is 0.0840. The van der Waals surface area contributed by atoms with E-state index in [4.69, 9.17) is 9.72 Å². The fourth-order valence-electron chi connectivity index (χ4n) is 3.66. The van der Waals surface area contributed by atoms with Gasteiger partial charge < -0.3 is 9.64 Å². The molecule has 138 valence electrons. The van der Waals surface area contributed by atoms with Crippen LogP contribution < -0.4 is 4.74 Å². The first-order chi connectivity index (χ1) is 13.3. The van der Waals surface area contributed by atoms with E-state index in [0.717, 1.165) is 53.7 Å². The van der Waals surface area contributed by atoms with Crippen molar-refractivity contribution in [3.05, 3.63) is 59.1 Å². The molecular formula is C22H22N2O2S. The van der Waals surface area contributed by atoms with Gasteiger partial charge in [0.15, 0.2) is 0 Å². The van der Waals surface area contributed by atoms with E-state index in [1.54, 1.807) is 11.3 Å². The van der Waals surface area contributed by atoms with Crippen molar-refractivity contribution in [3.8, 4) is 5.75 Å². The molecule has 2 heterocycles. The molecule has 1 atom stereocenters. The number of hydrogen-bond donors (Lipinski definition) is 0. The number of fused-ring (bicyclic) bond motifs is 1. The van der Waals surface area contributed by atoms with Crippen LogP contribution in [0.4, 0.5) is 0 Å². The van der Waals surface area contributed by atoms with Gasteiger partial charge in [0.05, 0.1) is 22.9 Å². The Labute approximate surface area is 162 Å². The standard InChI is InChI=1S/C22H22N2O2S/c25-22(16-9-11-17(12-10-16)26-14-15-7-8-15)24-13-3-5-19(24)21-23-18-4-1-2-6-20(18)27-21/h1-2,4,6,9-12,15,19H,3,5,7-8,13-14H2. The Hall–Kier alpha value is -2.40. The Morgan fingerprint density at radius 2 is 1.93 bits per heavy atom. The molecule has 4 nitrogen and oxygen atoms in total. The maximum Gasteiger partial charge on any atom is 0.254 e. The second-order valence-electron chi connectivity index (χ2n) is 7.46. The van der Waals surface area contributed by atoms with Crippen LogP contribution in [0.15, 0.2) is 48.5 Å². The van der Waals surface area contributed by atoms with Gasteiger partial charge in [0.1, 0.15) is 10.8 Å². The third kappa shape index (κ3) is 3.44. The van der Waals surface area contributed by atoms with Gasteiger partial charge >= 0.3 is 0 Å². The largest absolute Gasteiger partial charge is 0.493 e. The van der Waals surface area contributed by atoms with Crippen molar-refractivity contribution in [2.45, 2.75) is 31.7 Å². The van der Waals surface area contributed by atoms with Gasteiger partial charge in [0.25, 0.3) is 5.91 Å². The van der Waals surface area contributed by atoms with Crippen molar-refractivity contribution in [2.75, 3.05) is 13.2 Å². The van der Waals surface area contributed by atoms with Gasteiger partial charge in [-0.1, -0.05) is 12.1 Å². The summed E-state index contributed by atoms with van der Waals surface area (Å²) in [5.74, 6) is 1.67. The summed E-state index contributed by atoms with van der Waals surface area (Å²) < 4.78 is 6.97. The number of aromatic nitrogens is 1. The molecule has 2 aromatic carbocycles. The van der Waals surface area contributed by atoms with Crippen LogP contribution in [0, 0.1) is 5.92 Å². The maximum atomic E-state index is 13.1. The van der Waals surface area contributed by atoms with Gasteiger partial charge in [-0.25, -0.2) is 4.98 Å². The molecule has 1 saturated heterocycles. The predicted molar refractivity (Wildman–Crippen MR) is 107 cm³/mol. The van der Waals surface area contributed by atoms with E-state index in [1.807, 2.05) is 47.4 Å². The smallest absolute Gasteiger partial charge is 0.254 e. The van der Waals surface area contributed by atoms with Crippen LogP contribution in [0.1, 0.15) is 47.1 Å². The van der Waals surface area contributed by atoms with E-state index < -0.39 is 0 Å². The van der Waals surface area contributed by atoms with Crippen molar-refractivity contribution >= 4 is 27.5 Å². The Morgan fingerprint density at radius 3 is 2.70 bits per heavy atom. The average Bonchev–Trinajstić information content (AvgIpc) is 3.23. The molecule has 27 heavy (non-hydrogen) atoms. The highest BCUT2D eigenvalue weighted by molar-refractivity contribution is 7.18. The number of carbonyl (C=O) groups is 1. The molecule has 5 heteroatoms.